The first kappa shape index (κ1) is 16.9. The summed E-state index contributed by atoms with van der Waals surface area (Å²) in [6, 6.07) is 18.2. The summed E-state index contributed by atoms with van der Waals surface area (Å²) in [6.45, 7) is 1.41. The van der Waals surface area contributed by atoms with Gasteiger partial charge in [-0.05, 0) is 35.9 Å². The molecule has 5 heteroatoms. The lowest BCUT2D eigenvalue weighted by molar-refractivity contribution is 0.304. The van der Waals surface area contributed by atoms with Crippen LogP contribution in [0.15, 0.2) is 67.0 Å². The number of pyridine rings is 2. The molecule has 2 N–H and O–H groups in total. The highest BCUT2D eigenvalue weighted by Crippen LogP contribution is 2.19. The third-order valence-corrected chi connectivity index (χ3v) is 3.99. The van der Waals surface area contributed by atoms with Crippen LogP contribution >= 0.6 is 0 Å². The number of aliphatic hydroxyl groups excluding tert-OH is 1. The van der Waals surface area contributed by atoms with E-state index in [9.17, 15) is 0 Å². The van der Waals surface area contributed by atoms with Crippen LogP contribution in [0.1, 0.15) is 5.56 Å². The van der Waals surface area contributed by atoms with Gasteiger partial charge in [0.1, 0.15) is 5.82 Å². The number of hydrogen-bond donors (Lipinski definition) is 2. The van der Waals surface area contributed by atoms with Crippen molar-refractivity contribution in [3.8, 4) is 11.3 Å². The zero-order chi connectivity index (χ0) is 17.5. The van der Waals surface area contributed by atoms with Crippen LogP contribution in [0.3, 0.4) is 0 Å². The maximum atomic E-state index is 8.99. The van der Waals surface area contributed by atoms with E-state index in [1.165, 1.54) is 5.56 Å². The van der Waals surface area contributed by atoms with Gasteiger partial charge in [0, 0.05) is 31.9 Å². The van der Waals surface area contributed by atoms with Gasteiger partial charge in [-0.25, -0.2) is 4.98 Å². The van der Waals surface area contributed by atoms with Gasteiger partial charge in [0.25, 0.3) is 0 Å². The first-order valence-corrected chi connectivity index (χ1v) is 8.28. The molecule has 0 aliphatic carbocycles. The summed E-state index contributed by atoms with van der Waals surface area (Å²) in [7, 11) is 1.93. The fraction of sp³-hybridized carbons (Fsp3) is 0.200. The Balaban J connectivity index is 1.64. The van der Waals surface area contributed by atoms with Crippen LogP contribution in [0, 0.1) is 0 Å². The van der Waals surface area contributed by atoms with E-state index in [-0.39, 0.29) is 6.61 Å². The van der Waals surface area contributed by atoms with E-state index in [1.54, 1.807) is 6.20 Å². The molecule has 25 heavy (non-hydrogen) atoms. The molecule has 3 aromatic rings. The van der Waals surface area contributed by atoms with Crippen molar-refractivity contribution >= 4 is 11.5 Å². The molecule has 0 aliphatic heterocycles. The Hall–Kier alpha value is -2.92. The minimum absolute atomic E-state index is 0.128. The van der Waals surface area contributed by atoms with E-state index in [4.69, 9.17) is 5.11 Å². The molecule has 0 aliphatic rings. The SMILES string of the molecule is CN(CCO)c1ccc(NCc2cccc(-c3ccccn3)c2)nc1. The average molecular weight is 334 g/mol. The summed E-state index contributed by atoms with van der Waals surface area (Å²) in [5.74, 6) is 0.824. The molecule has 0 atom stereocenters. The number of aliphatic hydroxyl groups is 1. The van der Waals surface area contributed by atoms with E-state index < -0.39 is 0 Å². The van der Waals surface area contributed by atoms with Gasteiger partial charge >= 0.3 is 0 Å². The minimum Gasteiger partial charge on any atom is -0.395 e. The molecule has 2 heterocycles. The minimum atomic E-state index is 0.128. The summed E-state index contributed by atoms with van der Waals surface area (Å²) in [6.07, 6.45) is 3.61. The highest BCUT2D eigenvalue weighted by Gasteiger charge is 2.03. The maximum Gasteiger partial charge on any atom is 0.126 e. The smallest absolute Gasteiger partial charge is 0.126 e. The van der Waals surface area contributed by atoms with Crippen LogP contribution in [-0.2, 0) is 6.54 Å². The van der Waals surface area contributed by atoms with E-state index in [2.05, 4.69) is 33.5 Å². The van der Waals surface area contributed by atoms with Crippen LogP contribution in [-0.4, -0.2) is 35.3 Å². The van der Waals surface area contributed by atoms with Crippen LogP contribution < -0.4 is 10.2 Å². The maximum absolute atomic E-state index is 8.99. The van der Waals surface area contributed by atoms with Gasteiger partial charge in [-0.15, -0.1) is 0 Å². The van der Waals surface area contributed by atoms with Crippen molar-refractivity contribution < 1.29 is 5.11 Å². The quantitative estimate of drug-likeness (QED) is 0.695. The molecular formula is C20H22N4O. The van der Waals surface area contributed by atoms with Crippen molar-refractivity contribution in [1.82, 2.24) is 9.97 Å². The third-order valence-electron chi connectivity index (χ3n) is 3.99. The second kappa shape index (κ2) is 8.26. The Morgan fingerprint density at radius 3 is 2.68 bits per heavy atom. The number of nitrogens with zero attached hydrogens (tertiary/aromatic N) is 3. The number of anilines is 2. The van der Waals surface area contributed by atoms with E-state index in [1.807, 2.05) is 54.5 Å². The number of aromatic nitrogens is 2. The number of benzene rings is 1. The standard InChI is InChI=1S/C20H22N4O/c1-24(11-12-25)18-8-9-20(23-15-18)22-14-16-5-4-6-17(13-16)19-7-2-3-10-21-19/h2-10,13,15,25H,11-12,14H2,1H3,(H,22,23). The van der Waals surface area contributed by atoms with E-state index >= 15 is 0 Å². The van der Waals surface area contributed by atoms with Gasteiger partial charge in [-0.2, -0.15) is 0 Å². The molecule has 0 radical (unpaired) electrons. The Kier molecular flexibility index (Phi) is 5.59. The molecule has 0 bridgehead atoms. The Labute approximate surface area is 148 Å². The molecule has 5 nitrogen and oxygen atoms in total. The lowest BCUT2D eigenvalue weighted by Gasteiger charge is -2.17. The second-order valence-corrected chi connectivity index (χ2v) is 5.82. The lowest BCUT2D eigenvalue weighted by atomic mass is 10.1. The second-order valence-electron chi connectivity index (χ2n) is 5.82. The van der Waals surface area contributed by atoms with Gasteiger partial charge in [0.2, 0.25) is 0 Å². The van der Waals surface area contributed by atoms with Crippen molar-refractivity contribution in [1.29, 1.82) is 0 Å². The molecule has 0 fully saturated rings. The van der Waals surface area contributed by atoms with Gasteiger partial charge in [0.15, 0.2) is 0 Å². The summed E-state index contributed by atoms with van der Waals surface area (Å²) in [5.41, 5.74) is 4.23. The predicted octanol–water partition coefficient (Wildman–Crippen LogP) is 3.18. The molecule has 1 aromatic carbocycles. The fourth-order valence-corrected chi connectivity index (χ4v) is 2.56. The number of likely N-dealkylation sites (N-methyl/N-ethyl adjacent to an activating group) is 1. The third kappa shape index (κ3) is 4.55. The monoisotopic (exact) mass is 334 g/mol. The number of rotatable bonds is 7. The lowest BCUT2D eigenvalue weighted by Crippen LogP contribution is -2.21. The number of nitrogens with one attached hydrogen (secondary N) is 1. The molecule has 3 rings (SSSR count). The van der Waals surface area contributed by atoms with E-state index in [0.29, 0.717) is 13.1 Å². The summed E-state index contributed by atoms with van der Waals surface area (Å²) >= 11 is 0. The molecule has 2 aromatic heterocycles. The van der Waals surface area contributed by atoms with Crippen LogP contribution in [0.2, 0.25) is 0 Å². The molecule has 128 valence electrons. The van der Waals surface area contributed by atoms with Crippen molar-refractivity contribution in [3.05, 3.63) is 72.6 Å². The van der Waals surface area contributed by atoms with Gasteiger partial charge in [-0.1, -0.05) is 24.3 Å². The topological polar surface area (TPSA) is 61.3 Å². The summed E-state index contributed by atoms with van der Waals surface area (Å²) in [4.78, 5) is 10.8. The van der Waals surface area contributed by atoms with Gasteiger partial charge < -0.3 is 15.3 Å². The molecular weight excluding hydrogens is 312 g/mol. The first-order chi connectivity index (χ1) is 12.3. The Morgan fingerprint density at radius 1 is 1.04 bits per heavy atom. The zero-order valence-corrected chi connectivity index (χ0v) is 14.3. The molecule has 0 spiro atoms. The molecule has 0 unspecified atom stereocenters. The fourth-order valence-electron chi connectivity index (χ4n) is 2.56. The average Bonchev–Trinajstić information content (AvgIpc) is 2.68. The van der Waals surface area contributed by atoms with E-state index in [0.717, 1.165) is 22.8 Å². The van der Waals surface area contributed by atoms with Crippen molar-refractivity contribution in [3.63, 3.8) is 0 Å². The highest BCUT2D eigenvalue weighted by atomic mass is 16.3. The zero-order valence-electron chi connectivity index (χ0n) is 14.3. The van der Waals surface area contributed by atoms with Gasteiger partial charge in [0.05, 0.1) is 24.2 Å². The molecule has 0 saturated carbocycles. The highest BCUT2D eigenvalue weighted by molar-refractivity contribution is 5.60. The van der Waals surface area contributed by atoms with Crippen molar-refractivity contribution in [2.24, 2.45) is 0 Å². The van der Waals surface area contributed by atoms with Crippen LogP contribution in [0.4, 0.5) is 11.5 Å². The van der Waals surface area contributed by atoms with Crippen LogP contribution in [0.25, 0.3) is 11.3 Å². The largest absolute Gasteiger partial charge is 0.395 e. The summed E-state index contributed by atoms with van der Waals surface area (Å²) in [5, 5.41) is 12.3. The Bertz CT molecular complexity index is 790. The van der Waals surface area contributed by atoms with Gasteiger partial charge in [-0.3, -0.25) is 4.98 Å². The summed E-state index contributed by atoms with van der Waals surface area (Å²) < 4.78 is 0. The van der Waals surface area contributed by atoms with Crippen molar-refractivity contribution in [2.45, 2.75) is 6.54 Å². The molecule has 0 saturated heterocycles. The normalized spacial score (nSPS) is 10.5. The predicted molar refractivity (Wildman–Crippen MR) is 102 cm³/mol. The first-order valence-electron chi connectivity index (χ1n) is 8.28. The Morgan fingerprint density at radius 2 is 1.96 bits per heavy atom. The molecule has 0 amide bonds. The van der Waals surface area contributed by atoms with Crippen molar-refractivity contribution in [2.75, 3.05) is 30.4 Å². The van der Waals surface area contributed by atoms with Crippen LogP contribution in [0.5, 0.6) is 0 Å². The number of hydrogen-bond acceptors (Lipinski definition) is 5.